The van der Waals surface area contributed by atoms with Gasteiger partial charge in [0.15, 0.2) is 0 Å². The van der Waals surface area contributed by atoms with Gasteiger partial charge in [-0.1, -0.05) is 23.7 Å². The first-order valence-corrected chi connectivity index (χ1v) is 10.9. The third-order valence-corrected chi connectivity index (χ3v) is 6.22. The van der Waals surface area contributed by atoms with Crippen molar-refractivity contribution in [2.45, 2.75) is 32.5 Å². The molecule has 0 radical (unpaired) electrons. The third-order valence-electron chi connectivity index (χ3n) is 5.46. The molecule has 1 aliphatic rings. The van der Waals surface area contributed by atoms with Gasteiger partial charge in [0.05, 0.1) is 11.7 Å². The largest absolute Gasteiger partial charge is 0.334 e. The van der Waals surface area contributed by atoms with Gasteiger partial charge in [-0.3, -0.25) is 9.69 Å². The first kappa shape index (κ1) is 20.9. The highest BCUT2D eigenvalue weighted by Crippen LogP contribution is 2.24. The van der Waals surface area contributed by atoms with Crippen LogP contribution in [-0.2, 0) is 11.3 Å². The summed E-state index contributed by atoms with van der Waals surface area (Å²) in [4.78, 5) is 17.1. The van der Waals surface area contributed by atoms with Crippen LogP contribution in [0, 0.1) is 5.82 Å². The molecule has 156 valence electrons. The van der Waals surface area contributed by atoms with E-state index in [4.69, 9.17) is 11.6 Å². The maximum atomic E-state index is 13.2. The molecule has 1 amide bonds. The number of rotatable bonds is 4. The van der Waals surface area contributed by atoms with E-state index in [0.29, 0.717) is 11.6 Å². The number of hydrogen-bond donors (Lipinski definition) is 0. The van der Waals surface area contributed by atoms with Crippen LogP contribution in [0.15, 0.2) is 42.5 Å². The highest BCUT2D eigenvalue weighted by atomic mass is 35.5. The van der Waals surface area contributed by atoms with Crippen molar-refractivity contribution in [3.63, 3.8) is 0 Å². The lowest BCUT2D eigenvalue weighted by atomic mass is 10.1. The number of fused-ring (bicyclic) bond motifs is 1. The molecule has 0 aliphatic carbocycles. The summed E-state index contributed by atoms with van der Waals surface area (Å²) in [6.45, 7) is 6.29. The fraction of sp³-hybridized carbons (Fsp3) is 0.318. The van der Waals surface area contributed by atoms with Gasteiger partial charge in [0, 0.05) is 48.4 Å². The molecule has 0 N–H and O–H groups in total. The summed E-state index contributed by atoms with van der Waals surface area (Å²) < 4.78 is 21.7. The van der Waals surface area contributed by atoms with Crippen LogP contribution >= 0.6 is 23.3 Å². The van der Waals surface area contributed by atoms with Gasteiger partial charge >= 0.3 is 0 Å². The number of nitrogens with zero attached hydrogens (tertiary/aromatic N) is 4. The van der Waals surface area contributed by atoms with E-state index in [2.05, 4.69) is 27.5 Å². The molecule has 1 aromatic heterocycles. The zero-order valence-electron chi connectivity index (χ0n) is 16.8. The summed E-state index contributed by atoms with van der Waals surface area (Å²) in [5.74, 6) is -0.264. The molecule has 5 nitrogen and oxygen atoms in total. The highest BCUT2D eigenvalue weighted by molar-refractivity contribution is 7.00. The van der Waals surface area contributed by atoms with E-state index in [0.717, 1.165) is 47.0 Å². The van der Waals surface area contributed by atoms with E-state index in [9.17, 15) is 9.18 Å². The predicted octanol–water partition coefficient (Wildman–Crippen LogP) is 4.62. The van der Waals surface area contributed by atoms with Crippen molar-refractivity contribution in [3.8, 4) is 0 Å². The molecule has 2 atom stereocenters. The summed E-state index contributed by atoms with van der Waals surface area (Å²) in [6.07, 6.45) is 3.35. The fourth-order valence-electron chi connectivity index (χ4n) is 3.81. The quantitative estimate of drug-likeness (QED) is 0.551. The zero-order chi connectivity index (χ0) is 21.3. The first-order chi connectivity index (χ1) is 14.4. The molecule has 8 heteroatoms. The minimum absolute atomic E-state index is 0.0351. The molecular weight excluding hydrogens is 423 g/mol. The molecule has 2 heterocycles. The Morgan fingerprint density at radius 3 is 2.73 bits per heavy atom. The van der Waals surface area contributed by atoms with Gasteiger partial charge < -0.3 is 4.90 Å². The Kier molecular flexibility index (Phi) is 6.13. The van der Waals surface area contributed by atoms with Gasteiger partial charge in [0.1, 0.15) is 16.9 Å². The number of halogens is 2. The van der Waals surface area contributed by atoms with Gasteiger partial charge in [0.25, 0.3) is 0 Å². The summed E-state index contributed by atoms with van der Waals surface area (Å²) in [6, 6.07) is 10.4. The number of carbonyl (C=O) groups is 1. The van der Waals surface area contributed by atoms with E-state index < -0.39 is 0 Å². The van der Waals surface area contributed by atoms with E-state index >= 15 is 0 Å². The molecule has 0 bridgehead atoms. The Balaban J connectivity index is 1.44. The Labute approximate surface area is 184 Å². The Morgan fingerprint density at radius 1 is 1.20 bits per heavy atom. The van der Waals surface area contributed by atoms with E-state index in [-0.39, 0.29) is 23.8 Å². The minimum Gasteiger partial charge on any atom is -0.334 e. The smallest absolute Gasteiger partial charge is 0.246 e. The first-order valence-electron chi connectivity index (χ1n) is 9.79. The zero-order valence-corrected chi connectivity index (χ0v) is 18.3. The summed E-state index contributed by atoms with van der Waals surface area (Å²) in [5.41, 5.74) is 3.34. The predicted molar refractivity (Wildman–Crippen MR) is 119 cm³/mol. The van der Waals surface area contributed by atoms with Crippen molar-refractivity contribution in [2.24, 2.45) is 0 Å². The van der Waals surface area contributed by atoms with E-state index in [1.807, 2.05) is 17.0 Å². The maximum absolute atomic E-state index is 13.2. The SMILES string of the molecule is C[C@@H]1CN(C(=O)/C=C/c2cc(Cl)cc3nsnc23)[C@@H](C)CN1Cc1ccc(F)cc1. The topological polar surface area (TPSA) is 49.3 Å². The second kappa shape index (κ2) is 8.79. The standard InChI is InChI=1S/C22H22ClFN4OS/c1-14-12-28(15(2)11-27(14)13-16-3-6-19(24)7-4-16)21(29)8-5-17-9-18(23)10-20-22(17)26-30-25-20/h3-10,14-15H,11-13H2,1-2H3/b8-5+/t14-,15+/m1/s1. The van der Waals surface area contributed by atoms with Crippen LogP contribution in [0.25, 0.3) is 17.1 Å². The number of carbonyl (C=O) groups excluding carboxylic acids is 1. The van der Waals surface area contributed by atoms with Crippen molar-refractivity contribution in [3.05, 3.63) is 64.4 Å². The molecule has 3 aromatic rings. The number of benzene rings is 2. The molecule has 1 saturated heterocycles. The van der Waals surface area contributed by atoms with Crippen LogP contribution < -0.4 is 0 Å². The monoisotopic (exact) mass is 444 g/mol. The van der Waals surface area contributed by atoms with Crippen molar-refractivity contribution >= 4 is 46.3 Å². The van der Waals surface area contributed by atoms with Gasteiger partial charge in [-0.25, -0.2) is 4.39 Å². The molecular formula is C22H22ClFN4OS. The average Bonchev–Trinajstić information content (AvgIpc) is 3.18. The summed E-state index contributed by atoms with van der Waals surface area (Å²) >= 11 is 7.29. The van der Waals surface area contributed by atoms with Crippen LogP contribution in [0.2, 0.25) is 5.02 Å². The van der Waals surface area contributed by atoms with Crippen molar-refractivity contribution in [1.29, 1.82) is 0 Å². The van der Waals surface area contributed by atoms with Crippen molar-refractivity contribution in [1.82, 2.24) is 18.5 Å². The van der Waals surface area contributed by atoms with Gasteiger partial charge in [-0.2, -0.15) is 8.75 Å². The Bertz CT molecular complexity index is 1080. The normalized spacial score (nSPS) is 20.3. The number of aromatic nitrogens is 2. The molecule has 1 aliphatic heterocycles. The van der Waals surface area contributed by atoms with Crippen molar-refractivity contribution < 1.29 is 9.18 Å². The number of amides is 1. The Hall–Kier alpha value is -2.35. The minimum atomic E-state index is -0.229. The maximum Gasteiger partial charge on any atom is 0.246 e. The molecule has 0 unspecified atom stereocenters. The van der Waals surface area contributed by atoms with Gasteiger partial charge in [0.2, 0.25) is 5.91 Å². The second-order valence-electron chi connectivity index (χ2n) is 7.70. The van der Waals surface area contributed by atoms with Crippen LogP contribution in [0.3, 0.4) is 0 Å². The molecule has 0 spiro atoms. The lowest BCUT2D eigenvalue weighted by Gasteiger charge is -2.44. The lowest BCUT2D eigenvalue weighted by molar-refractivity contribution is -0.131. The number of piperazine rings is 1. The molecule has 4 rings (SSSR count). The van der Waals surface area contributed by atoms with E-state index in [1.165, 1.54) is 12.1 Å². The molecule has 1 fully saturated rings. The second-order valence-corrected chi connectivity index (χ2v) is 8.67. The summed E-state index contributed by atoms with van der Waals surface area (Å²) in [5, 5.41) is 0.568. The van der Waals surface area contributed by atoms with Crippen LogP contribution in [-0.4, -0.2) is 49.6 Å². The lowest BCUT2D eigenvalue weighted by Crippen LogP contribution is -2.57. The molecule has 30 heavy (non-hydrogen) atoms. The van der Waals surface area contributed by atoms with Crippen LogP contribution in [0.1, 0.15) is 25.0 Å². The van der Waals surface area contributed by atoms with Crippen LogP contribution in [0.4, 0.5) is 4.39 Å². The third kappa shape index (κ3) is 4.53. The highest BCUT2D eigenvalue weighted by Gasteiger charge is 2.31. The van der Waals surface area contributed by atoms with Crippen molar-refractivity contribution in [2.75, 3.05) is 13.1 Å². The van der Waals surface area contributed by atoms with E-state index in [1.54, 1.807) is 24.3 Å². The molecule has 2 aromatic carbocycles. The summed E-state index contributed by atoms with van der Waals surface area (Å²) in [7, 11) is 0. The average molecular weight is 445 g/mol. The van der Waals surface area contributed by atoms with Crippen LogP contribution in [0.5, 0.6) is 0 Å². The fourth-order valence-corrected chi connectivity index (χ4v) is 4.58. The van der Waals surface area contributed by atoms with Gasteiger partial charge in [-0.05, 0) is 49.8 Å². The molecule has 0 saturated carbocycles. The Morgan fingerprint density at radius 2 is 1.97 bits per heavy atom. The number of hydrogen-bond acceptors (Lipinski definition) is 5. The van der Waals surface area contributed by atoms with Gasteiger partial charge in [-0.15, -0.1) is 0 Å².